The van der Waals surface area contributed by atoms with E-state index < -0.39 is 71.8 Å². The minimum Gasteiger partial charge on any atom is -0.444 e. The van der Waals surface area contributed by atoms with Crippen LogP contribution in [0.15, 0.2) is 53.5 Å². The number of halogens is 3. The van der Waals surface area contributed by atoms with Gasteiger partial charge >= 0.3 is 24.3 Å². The van der Waals surface area contributed by atoms with E-state index in [1.165, 1.54) is 36.4 Å². The molecule has 1 aliphatic heterocycles. The van der Waals surface area contributed by atoms with Crippen molar-refractivity contribution in [1.82, 2.24) is 15.3 Å². The normalized spacial score (nSPS) is 15.0. The Morgan fingerprint density at radius 3 is 1.98 bits per heavy atom. The molecule has 0 unspecified atom stereocenters. The summed E-state index contributed by atoms with van der Waals surface area (Å²) in [4.78, 5) is 77.4. The second-order valence-corrected chi connectivity index (χ2v) is 9.33. The van der Waals surface area contributed by atoms with Gasteiger partial charge in [-0.05, 0) is 41.8 Å². The predicted octanol–water partition coefficient (Wildman–Crippen LogP) is 2.30. The zero-order valence-corrected chi connectivity index (χ0v) is 23.4. The average Bonchev–Trinajstić information content (AvgIpc) is 3.43. The van der Waals surface area contributed by atoms with Crippen LogP contribution in [0.1, 0.15) is 17.5 Å². The number of non-ortho nitro benzene ring substituents is 2. The highest BCUT2D eigenvalue weighted by molar-refractivity contribution is 6.00. The van der Waals surface area contributed by atoms with Crippen LogP contribution in [0.3, 0.4) is 0 Å². The second-order valence-electron chi connectivity index (χ2n) is 9.33. The summed E-state index contributed by atoms with van der Waals surface area (Å²) in [7, 11) is 0. The molecule has 0 bridgehead atoms. The number of alkyl halides is 3. The number of nitrogens with zero attached hydrogens (tertiary/aromatic N) is 5. The van der Waals surface area contributed by atoms with Gasteiger partial charge in [0.05, 0.1) is 16.4 Å². The number of ether oxygens (including phenoxy) is 2. The van der Waals surface area contributed by atoms with Gasteiger partial charge in [0, 0.05) is 36.9 Å². The van der Waals surface area contributed by atoms with Crippen molar-refractivity contribution in [3.8, 4) is 0 Å². The summed E-state index contributed by atoms with van der Waals surface area (Å²) >= 11 is 0. The molecule has 1 fully saturated rings. The molecular formula is C25H24F3N7O11. The fraction of sp³-hybridized carbons (Fsp3) is 0.320. The van der Waals surface area contributed by atoms with Gasteiger partial charge in [-0.15, -0.1) is 10.1 Å². The first-order valence-corrected chi connectivity index (χ1v) is 12.9. The van der Waals surface area contributed by atoms with Crippen molar-refractivity contribution in [2.45, 2.75) is 31.9 Å². The Morgan fingerprint density at radius 2 is 1.48 bits per heavy atom. The van der Waals surface area contributed by atoms with E-state index in [0.29, 0.717) is 21.1 Å². The molecule has 3 rings (SSSR count). The van der Waals surface area contributed by atoms with Gasteiger partial charge in [-0.3, -0.25) is 25.0 Å². The lowest BCUT2D eigenvalue weighted by atomic mass is 10.2. The third-order valence-corrected chi connectivity index (χ3v) is 5.98. The maximum absolute atomic E-state index is 12.9. The number of carbonyl (C=O) groups is 4. The monoisotopic (exact) mass is 655 g/mol. The number of hydroxylamine groups is 2. The number of nitro groups is 2. The zero-order chi connectivity index (χ0) is 34.0. The molecule has 0 saturated carbocycles. The van der Waals surface area contributed by atoms with Crippen LogP contribution in [0.2, 0.25) is 0 Å². The van der Waals surface area contributed by atoms with E-state index in [1.54, 1.807) is 0 Å². The Labute approximate surface area is 255 Å². The lowest BCUT2D eigenvalue weighted by Gasteiger charge is -2.22. The Bertz CT molecular complexity index is 1500. The number of hydrogen-bond donors (Lipinski definition) is 2. The second kappa shape index (κ2) is 15.2. The van der Waals surface area contributed by atoms with Gasteiger partial charge in [0.1, 0.15) is 19.8 Å². The number of nitrogens with two attached hydrogens (primary N) is 1. The Hall–Kier alpha value is -5.86. The van der Waals surface area contributed by atoms with E-state index in [4.69, 9.17) is 15.2 Å². The van der Waals surface area contributed by atoms with Crippen LogP contribution in [0.4, 0.5) is 34.1 Å². The van der Waals surface area contributed by atoms with Crippen molar-refractivity contribution < 1.29 is 56.5 Å². The topological polar surface area (TPSA) is 239 Å². The van der Waals surface area contributed by atoms with Gasteiger partial charge in [-0.2, -0.15) is 13.2 Å². The lowest BCUT2D eigenvalue weighted by Crippen LogP contribution is -2.50. The molecule has 3 N–H and O–H groups in total. The molecule has 0 spiro atoms. The van der Waals surface area contributed by atoms with Gasteiger partial charge in [-0.1, -0.05) is 0 Å². The lowest BCUT2D eigenvalue weighted by molar-refractivity contribution is -0.385. The van der Waals surface area contributed by atoms with Gasteiger partial charge in [0.2, 0.25) is 11.9 Å². The van der Waals surface area contributed by atoms with E-state index in [9.17, 15) is 52.6 Å². The molecule has 0 aromatic heterocycles. The number of nitro benzene ring substituents is 2. The molecule has 0 radical (unpaired) electrons. The van der Waals surface area contributed by atoms with Crippen LogP contribution in [-0.4, -0.2) is 81.7 Å². The molecule has 21 heteroatoms. The molecule has 18 nitrogen and oxygen atoms in total. The molecule has 1 aliphatic rings. The van der Waals surface area contributed by atoms with Crippen molar-refractivity contribution in [2.75, 3.05) is 19.6 Å². The Morgan fingerprint density at radius 1 is 0.957 bits per heavy atom. The molecule has 46 heavy (non-hydrogen) atoms. The SMILES string of the molecule is NC(=NC(=O)OCc1ccc([N+](=O)[O-])cc1)N(CC(=O)N[C@H]1CCN(OC(=O)C(F)(F)F)C1)C(=O)OCc1ccc([N+](=O)[O-])cc1. The molecule has 0 aliphatic carbocycles. The fourth-order valence-corrected chi connectivity index (χ4v) is 3.74. The molecular weight excluding hydrogens is 631 g/mol. The number of benzene rings is 2. The molecule has 2 aromatic carbocycles. The smallest absolute Gasteiger partial charge is 0.444 e. The first-order valence-electron chi connectivity index (χ1n) is 12.9. The van der Waals surface area contributed by atoms with E-state index >= 15 is 0 Å². The number of hydrogen-bond acceptors (Lipinski definition) is 12. The van der Waals surface area contributed by atoms with Gasteiger partial charge in [0.25, 0.3) is 11.4 Å². The van der Waals surface area contributed by atoms with Crippen molar-refractivity contribution in [3.63, 3.8) is 0 Å². The highest BCUT2D eigenvalue weighted by atomic mass is 19.4. The summed E-state index contributed by atoms with van der Waals surface area (Å²) in [6.45, 7) is -2.19. The highest BCUT2D eigenvalue weighted by Gasteiger charge is 2.43. The predicted molar refractivity (Wildman–Crippen MR) is 145 cm³/mol. The molecule has 246 valence electrons. The maximum Gasteiger partial charge on any atom is 0.492 e. The minimum absolute atomic E-state index is 0.0695. The third-order valence-electron chi connectivity index (χ3n) is 5.98. The summed E-state index contributed by atoms with van der Waals surface area (Å²) < 4.78 is 47.4. The van der Waals surface area contributed by atoms with E-state index in [-0.39, 0.29) is 30.9 Å². The first kappa shape index (κ1) is 34.6. The average molecular weight is 655 g/mol. The number of aliphatic imine (C=N–C) groups is 1. The van der Waals surface area contributed by atoms with Crippen LogP contribution in [0.5, 0.6) is 0 Å². The van der Waals surface area contributed by atoms with Crippen molar-refractivity contribution in [1.29, 1.82) is 0 Å². The number of carbonyl (C=O) groups excluding carboxylic acids is 4. The minimum atomic E-state index is -5.23. The molecule has 1 saturated heterocycles. The standard InChI is InChI=1S/C25H24F3N7O11/c26-25(27,28)21(37)46-32-10-9-17(11-32)30-20(36)12-33(24(39)45-14-16-3-7-19(8-4-16)35(42)43)22(29)31-23(38)44-13-15-1-5-18(6-2-15)34(40)41/h1-8,17H,9-14H2,(H,30,36)(H2,29,31,38)/t17-/m0/s1. The zero-order valence-electron chi connectivity index (χ0n) is 23.4. The summed E-state index contributed by atoms with van der Waals surface area (Å²) in [6.07, 6.45) is -7.76. The van der Waals surface area contributed by atoms with E-state index in [1.807, 2.05) is 0 Å². The first-order chi connectivity index (χ1) is 21.6. The van der Waals surface area contributed by atoms with Crippen molar-refractivity contribution in [3.05, 3.63) is 79.9 Å². The van der Waals surface area contributed by atoms with E-state index in [0.717, 1.165) is 12.1 Å². The Balaban J connectivity index is 1.66. The van der Waals surface area contributed by atoms with Crippen molar-refractivity contribution >= 4 is 41.4 Å². The van der Waals surface area contributed by atoms with Gasteiger partial charge in [0.15, 0.2) is 0 Å². The quantitative estimate of drug-likeness (QED) is 0.162. The summed E-state index contributed by atoms with van der Waals surface area (Å²) in [5.41, 5.74) is 6.03. The molecule has 1 atom stereocenters. The highest BCUT2D eigenvalue weighted by Crippen LogP contribution is 2.20. The molecule has 3 amide bonds. The molecule has 1 heterocycles. The van der Waals surface area contributed by atoms with Crippen LogP contribution in [0.25, 0.3) is 0 Å². The number of rotatable bonds is 10. The van der Waals surface area contributed by atoms with Gasteiger partial charge < -0.3 is 25.4 Å². The van der Waals surface area contributed by atoms with Crippen molar-refractivity contribution in [2.24, 2.45) is 10.7 Å². The largest absolute Gasteiger partial charge is 0.492 e. The fourth-order valence-electron chi connectivity index (χ4n) is 3.74. The summed E-state index contributed by atoms with van der Waals surface area (Å²) in [5.74, 6) is -4.21. The van der Waals surface area contributed by atoms with Crippen LogP contribution in [0, 0.1) is 20.2 Å². The van der Waals surface area contributed by atoms with Crippen LogP contribution < -0.4 is 11.1 Å². The maximum atomic E-state index is 12.9. The van der Waals surface area contributed by atoms with Gasteiger partial charge in [-0.25, -0.2) is 19.3 Å². The molecule has 2 aromatic rings. The Kier molecular flexibility index (Phi) is 11.5. The number of amides is 3. The summed E-state index contributed by atoms with van der Waals surface area (Å²) in [5, 5.41) is 24.7. The van der Waals surface area contributed by atoms with Crippen LogP contribution >= 0.6 is 0 Å². The number of nitrogens with one attached hydrogen (secondary N) is 1. The third kappa shape index (κ3) is 10.4. The number of guanidine groups is 1. The summed E-state index contributed by atoms with van der Waals surface area (Å²) in [6, 6.07) is 9.08. The van der Waals surface area contributed by atoms with E-state index in [2.05, 4.69) is 15.1 Å². The van der Waals surface area contributed by atoms with Crippen LogP contribution in [-0.2, 0) is 37.1 Å².